The van der Waals surface area contributed by atoms with Crippen LogP contribution < -0.4 is 5.32 Å². The second-order valence-electron chi connectivity index (χ2n) is 4.12. The van der Waals surface area contributed by atoms with Gasteiger partial charge >= 0.3 is 0 Å². The van der Waals surface area contributed by atoms with Gasteiger partial charge in [-0.2, -0.15) is 8.42 Å². The third kappa shape index (κ3) is 1.73. The number of hydrogen-bond donors (Lipinski definition) is 1. The molecule has 90 valence electrons. The summed E-state index contributed by atoms with van der Waals surface area (Å²) in [6, 6.07) is 7.01. The van der Waals surface area contributed by atoms with Gasteiger partial charge < -0.3 is 10.2 Å². The molecule has 1 fully saturated rings. The van der Waals surface area contributed by atoms with Gasteiger partial charge in [0.15, 0.2) is 5.84 Å². The van der Waals surface area contributed by atoms with E-state index in [-0.39, 0.29) is 0 Å². The van der Waals surface area contributed by atoms with E-state index in [2.05, 4.69) is 9.71 Å². The molecular formula is C11H13N3O2S. The predicted molar refractivity (Wildman–Crippen MR) is 64.6 cm³/mol. The molecule has 1 N–H and O–H groups in total. The second-order valence-corrected chi connectivity index (χ2v) is 5.70. The van der Waals surface area contributed by atoms with Crippen molar-refractivity contribution in [1.29, 1.82) is 0 Å². The van der Waals surface area contributed by atoms with Crippen molar-refractivity contribution in [3.8, 4) is 0 Å². The lowest BCUT2D eigenvalue weighted by Crippen LogP contribution is -2.46. The van der Waals surface area contributed by atoms with Crippen LogP contribution in [-0.4, -0.2) is 45.3 Å². The zero-order valence-corrected chi connectivity index (χ0v) is 10.1. The van der Waals surface area contributed by atoms with E-state index >= 15 is 0 Å². The number of benzene rings is 1. The van der Waals surface area contributed by atoms with Gasteiger partial charge in [-0.1, -0.05) is 12.1 Å². The number of hydrogen-bond acceptors (Lipinski definition) is 4. The molecule has 0 saturated carbocycles. The van der Waals surface area contributed by atoms with Gasteiger partial charge in [0.25, 0.3) is 10.0 Å². The summed E-state index contributed by atoms with van der Waals surface area (Å²) in [4.78, 5) is 2.36. The maximum absolute atomic E-state index is 11.9. The van der Waals surface area contributed by atoms with Crippen LogP contribution in [0.25, 0.3) is 0 Å². The van der Waals surface area contributed by atoms with Gasteiger partial charge in [0.1, 0.15) is 4.90 Å². The summed E-state index contributed by atoms with van der Waals surface area (Å²) in [5, 5.41) is 3.24. The molecule has 1 aromatic rings. The highest BCUT2D eigenvalue weighted by Crippen LogP contribution is 2.27. The molecule has 2 aliphatic rings. The molecule has 1 aromatic carbocycles. The van der Waals surface area contributed by atoms with Crippen molar-refractivity contribution in [1.82, 2.24) is 10.2 Å². The topological polar surface area (TPSA) is 61.8 Å². The van der Waals surface area contributed by atoms with Gasteiger partial charge in [0.2, 0.25) is 0 Å². The lowest BCUT2D eigenvalue weighted by Gasteiger charge is -2.28. The smallest absolute Gasteiger partial charge is 0.285 e. The van der Waals surface area contributed by atoms with Crippen molar-refractivity contribution in [2.75, 3.05) is 26.2 Å². The fourth-order valence-electron chi connectivity index (χ4n) is 2.19. The highest BCUT2D eigenvalue weighted by molar-refractivity contribution is 7.90. The summed E-state index contributed by atoms with van der Waals surface area (Å²) in [5.41, 5.74) is 0.731. The number of amidine groups is 1. The molecule has 2 aliphatic heterocycles. The molecule has 5 nitrogen and oxygen atoms in total. The normalized spacial score (nSPS) is 22.1. The van der Waals surface area contributed by atoms with Gasteiger partial charge in [-0.25, -0.2) is 0 Å². The fourth-order valence-corrected chi connectivity index (χ4v) is 3.42. The summed E-state index contributed by atoms with van der Waals surface area (Å²) in [6.45, 7) is 3.31. The fraction of sp³-hybridized carbons (Fsp3) is 0.364. The van der Waals surface area contributed by atoms with Crippen molar-refractivity contribution in [2.45, 2.75) is 4.90 Å². The summed E-state index contributed by atoms with van der Waals surface area (Å²) < 4.78 is 27.7. The van der Waals surface area contributed by atoms with Crippen molar-refractivity contribution in [2.24, 2.45) is 4.40 Å². The Kier molecular flexibility index (Phi) is 2.41. The average molecular weight is 251 g/mol. The Bertz CT molecular complexity index is 574. The molecule has 3 rings (SSSR count). The third-order valence-corrected chi connectivity index (χ3v) is 4.35. The molecule has 0 bridgehead atoms. The van der Waals surface area contributed by atoms with E-state index in [1.54, 1.807) is 12.1 Å². The number of nitrogens with zero attached hydrogens (tertiary/aromatic N) is 2. The van der Waals surface area contributed by atoms with E-state index in [0.717, 1.165) is 31.7 Å². The van der Waals surface area contributed by atoms with Crippen molar-refractivity contribution in [3.63, 3.8) is 0 Å². The minimum absolute atomic E-state index is 0.327. The first-order valence-electron chi connectivity index (χ1n) is 5.58. The summed E-state index contributed by atoms with van der Waals surface area (Å²) in [7, 11) is -3.48. The maximum Gasteiger partial charge on any atom is 0.285 e. The average Bonchev–Trinajstić information content (AvgIpc) is 2.64. The van der Waals surface area contributed by atoms with E-state index in [4.69, 9.17) is 0 Å². The second kappa shape index (κ2) is 3.82. The van der Waals surface area contributed by atoms with Crippen LogP contribution in [0.15, 0.2) is 33.6 Å². The Labute approximate surface area is 100 Å². The molecule has 0 aromatic heterocycles. The number of rotatable bonds is 0. The monoisotopic (exact) mass is 251 g/mol. The van der Waals surface area contributed by atoms with Gasteiger partial charge in [-0.05, 0) is 12.1 Å². The maximum atomic E-state index is 11.9. The minimum Gasteiger partial charge on any atom is -0.353 e. The van der Waals surface area contributed by atoms with Crippen molar-refractivity contribution >= 4 is 15.9 Å². The molecule has 1 saturated heterocycles. The van der Waals surface area contributed by atoms with E-state index in [1.807, 2.05) is 17.0 Å². The van der Waals surface area contributed by atoms with Crippen molar-refractivity contribution < 1.29 is 8.42 Å². The molecule has 2 heterocycles. The Morgan fingerprint density at radius 1 is 1.18 bits per heavy atom. The van der Waals surface area contributed by atoms with Crippen LogP contribution in [0.4, 0.5) is 0 Å². The molecule has 17 heavy (non-hydrogen) atoms. The molecule has 0 spiro atoms. The molecule has 0 unspecified atom stereocenters. The van der Waals surface area contributed by atoms with Crippen LogP contribution in [0.2, 0.25) is 0 Å². The Balaban J connectivity index is 2.07. The van der Waals surface area contributed by atoms with Gasteiger partial charge in [0.05, 0.1) is 0 Å². The molecule has 6 heteroatoms. The van der Waals surface area contributed by atoms with E-state index < -0.39 is 10.0 Å². The molecule has 0 amide bonds. The van der Waals surface area contributed by atoms with Crippen LogP contribution in [0, 0.1) is 0 Å². The number of sulfonamides is 1. The largest absolute Gasteiger partial charge is 0.353 e. The number of fused-ring (bicyclic) bond motifs is 1. The van der Waals surface area contributed by atoms with Crippen LogP contribution >= 0.6 is 0 Å². The molecular weight excluding hydrogens is 238 g/mol. The van der Waals surface area contributed by atoms with Crippen LogP contribution in [0.1, 0.15) is 5.56 Å². The standard InChI is InChI=1S/C11H13N3O2S/c15-17(16)10-4-2-1-3-9(10)11(13-17)14-7-5-12-6-8-14/h1-4,12H,5-8H2. The van der Waals surface area contributed by atoms with Crippen molar-refractivity contribution in [3.05, 3.63) is 29.8 Å². The lowest BCUT2D eigenvalue weighted by atomic mass is 10.2. The number of piperazine rings is 1. The Morgan fingerprint density at radius 3 is 2.65 bits per heavy atom. The summed E-state index contributed by atoms with van der Waals surface area (Å²) in [6.07, 6.45) is 0. The lowest BCUT2D eigenvalue weighted by molar-refractivity contribution is 0.358. The van der Waals surface area contributed by atoms with E-state index in [0.29, 0.717) is 10.7 Å². The number of nitrogens with one attached hydrogen (secondary N) is 1. The van der Waals surface area contributed by atoms with Gasteiger partial charge in [0, 0.05) is 31.7 Å². The first kappa shape index (κ1) is 10.7. The molecule has 0 atom stereocenters. The molecule has 0 aliphatic carbocycles. The van der Waals surface area contributed by atoms with Crippen LogP contribution in [-0.2, 0) is 10.0 Å². The zero-order valence-electron chi connectivity index (χ0n) is 9.26. The highest BCUT2D eigenvalue weighted by atomic mass is 32.2. The van der Waals surface area contributed by atoms with Gasteiger partial charge in [-0.15, -0.1) is 4.40 Å². The SMILES string of the molecule is O=S1(=O)N=C(N2CCNCC2)c2ccccc21. The predicted octanol–water partition coefficient (Wildman–Crippen LogP) is 0.0407. The third-order valence-electron chi connectivity index (χ3n) is 3.03. The Hall–Kier alpha value is -1.40. The Morgan fingerprint density at radius 2 is 1.88 bits per heavy atom. The van der Waals surface area contributed by atoms with E-state index in [9.17, 15) is 8.42 Å². The van der Waals surface area contributed by atoms with E-state index in [1.165, 1.54) is 0 Å². The molecule has 0 radical (unpaired) electrons. The van der Waals surface area contributed by atoms with Gasteiger partial charge in [-0.3, -0.25) is 0 Å². The first-order chi connectivity index (χ1) is 8.18. The summed E-state index contributed by atoms with van der Waals surface area (Å²) in [5.74, 6) is 0.599. The summed E-state index contributed by atoms with van der Waals surface area (Å²) >= 11 is 0. The first-order valence-corrected chi connectivity index (χ1v) is 7.02. The van der Waals surface area contributed by atoms with Crippen LogP contribution in [0.5, 0.6) is 0 Å². The zero-order chi connectivity index (χ0) is 11.9. The highest BCUT2D eigenvalue weighted by Gasteiger charge is 2.31. The minimum atomic E-state index is -3.48. The quantitative estimate of drug-likeness (QED) is 0.707. The van der Waals surface area contributed by atoms with Crippen LogP contribution in [0.3, 0.4) is 0 Å².